The number of amides is 1. The van der Waals surface area contributed by atoms with Crippen LogP contribution in [-0.2, 0) is 4.79 Å². The van der Waals surface area contributed by atoms with Gasteiger partial charge in [0.2, 0.25) is 5.91 Å². The van der Waals surface area contributed by atoms with Gasteiger partial charge >= 0.3 is 0 Å². The molecule has 4 heteroatoms. The van der Waals surface area contributed by atoms with Crippen LogP contribution < -0.4 is 10.6 Å². The third-order valence-electron chi connectivity index (χ3n) is 4.00. The highest BCUT2D eigenvalue weighted by Gasteiger charge is 2.18. The van der Waals surface area contributed by atoms with Crippen LogP contribution in [0.5, 0.6) is 0 Å². The monoisotopic (exact) mass is 278 g/mol. The Morgan fingerprint density at radius 3 is 2.65 bits per heavy atom. The maximum absolute atomic E-state index is 13.7. The maximum atomic E-state index is 13.7. The molecule has 1 aromatic rings. The summed E-state index contributed by atoms with van der Waals surface area (Å²) in [5.74, 6) is 1.02. The first kappa shape index (κ1) is 14.8. The van der Waals surface area contributed by atoms with E-state index in [0.717, 1.165) is 12.5 Å². The molecule has 3 nitrogen and oxygen atoms in total. The molecule has 2 rings (SSSR count). The number of halogens is 1. The lowest BCUT2D eigenvalue weighted by Gasteiger charge is -2.26. The van der Waals surface area contributed by atoms with Crippen molar-refractivity contribution in [3.05, 3.63) is 24.0 Å². The van der Waals surface area contributed by atoms with Gasteiger partial charge in [-0.15, -0.1) is 0 Å². The first-order chi connectivity index (χ1) is 9.54. The van der Waals surface area contributed by atoms with Gasteiger partial charge in [-0.05, 0) is 42.9 Å². The molecule has 0 spiro atoms. The van der Waals surface area contributed by atoms with E-state index in [9.17, 15) is 9.18 Å². The van der Waals surface area contributed by atoms with E-state index in [1.165, 1.54) is 38.7 Å². The van der Waals surface area contributed by atoms with Crippen molar-refractivity contribution < 1.29 is 9.18 Å². The van der Waals surface area contributed by atoms with Crippen molar-refractivity contribution in [3.8, 4) is 0 Å². The summed E-state index contributed by atoms with van der Waals surface area (Å²) in [7, 11) is 0. The van der Waals surface area contributed by atoms with Gasteiger partial charge in [0.05, 0.1) is 5.69 Å². The van der Waals surface area contributed by atoms with Crippen LogP contribution in [-0.4, -0.2) is 12.5 Å². The highest BCUT2D eigenvalue weighted by atomic mass is 19.1. The molecular formula is C16H23FN2O. The van der Waals surface area contributed by atoms with Crippen LogP contribution in [0.15, 0.2) is 18.2 Å². The van der Waals surface area contributed by atoms with Crippen molar-refractivity contribution in [3.63, 3.8) is 0 Å². The van der Waals surface area contributed by atoms with Gasteiger partial charge in [-0.3, -0.25) is 4.79 Å². The Morgan fingerprint density at radius 1 is 1.30 bits per heavy atom. The average Bonchev–Trinajstić information content (AvgIpc) is 2.40. The topological polar surface area (TPSA) is 41.1 Å². The number of anilines is 2. The summed E-state index contributed by atoms with van der Waals surface area (Å²) < 4.78 is 13.7. The van der Waals surface area contributed by atoms with Gasteiger partial charge in [0.15, 0.2) is 0 Å². The predicted molar refractivity (Wildman–Crippen MR) is 80.3 cm³/mol. The lowest BCUT2D eigenvalue weighted by Crippen LogP contribution is -2.20. The largest absolute Gasteiger partial charge is 0.382 e. The lowest BCUT2D eigenvalue weighted by molar-refractivity contribution is -0.114. The Bertz CT molecular complexity index is 468. The second kappa shape index (κ2) is 6.73. The van der Waals surface area contributed by atoms with E-state index < -0.39 is 0 Å². The molecular weight excluding hydrogens is 255 g/mol. The summed E-state index contributed by atoms with van der Waals surface area (Å²) in [6, 6.07) is 4.61. The minimum absolute atomic E-state index is 0.149. The van der Waals surface area contributed by atoms with Crippen molar-refractivity contribution in [2.45, 2.75) is 39.5 Å². The van der Waals surface area contributed by atoms with E-state index in [1.54, 1.807) is 12.1 Å². The van der Waals surface area contributed by atoms with Crippen LogP contribution in [0.4, 0.5) is 15.8 Å². The van der Waals surface area contributed by atoms with Gasteiger partial charge in [-0.2, -0.15) is 0 Å². The Hall–Kier alpha value is -1.58. The van der Waals surface area contributed by atoms with E-state index in [0.29, 0.717) is 17.3 Å². The average molecular weight is 278 g/mol. The van der Waals surface area contributed by atoms with Crippen LogP contribution in [0.1, 0.15) is 39.5 Å². The minimum atomic E-state index is -0.275. The lowest BCUT2D eigenvalue weighted by atomic mass is 9.83. The molecule has 0 saturated heterocycles. The molecule has 0 heterocycles. The number of hydrogen-bond acceptors (Lipinski definition) is 2. The van der Waals surface area contributed by atoms with E-state index in [1.807, 2.05) is 0 Å². The first-order valence-corrected chi connectivity index (χ1v) is 7.35. The summed E-state index contributed by atoms with van der Waals surface area (Å²) in [5, 5.41) is 5.86. The molecule has 0 bridgehead atoms. The van der Waals surface area contributed by atoms with Crippen LogP contribution >= 0.6 is 0 Å². The summed E-state index contributed by atoms with van der Waals surface area (Å²) in [4.78, 5) is 11.0. The van der Waals surface area contributed by atoms with Gasteiger partial charge in [-0.1, -0.05) is 19.8 Å². The maximum Gasteiger partial charge on any atom is 0.221 e. The Labute approximate surface area is 120 Å². The zero-order valence-corrected chi connectivity index (χ0v) is 12.2. The van der Waals surface area contributed by atoms with Gasteiger partial charge in [0.1, 0.15) is 5.82 Å². The van der Waals surface area contributed by atoms with Gasteiger partial charge in [0.25, 0.3) is 0 Å². The third kappa shape index (κ3) is 4.22. The highest BCUT2D eigenvalue weighted by molar-refractivity contribution is 5.89. The van der Waals surface area contributed by atoms with Crippen molar-refractivity contribution in [1.29, 1.82) is 0 Å². The molecule has 0 unspecified atom stereocenters. The first-order valence-electron chi connectivity index (χ1n) is 7.35. The van der Waals surface area contributed by atoms with E-state index in [2.05, 4.69) is 17.6 Å². The van der Waals surface area contributed by atoms with Crippen molar-refractivity contribution in [1.82, 2.24) is 0 Å². The minimum Gasteiger partial charge on any atom is -0.382 e. The Morgan fingerprint density at radius 2 is 2.00 bits per heavy atom. The molecule has 2 N–H and O–H groups in total. The molecule has 1 aliphatic rings. The number of rotatable bonds is 4. The SMILES string of the molecule is CC(=O)Nc1ccc(F)c(NCC2CCC(C)CC2)c1. The molecule has 1 amide bonds. The zero-order chi connectivity index (χ0) is 14.5. The normalized spacial score (nSPS) is 22.4. The van der Waals surface area contributed by atoms with E-state index >= 15 is 0 Å². The molecule has 0 aliphatic heterocycles. The number of carbonyl (C=O) groups excluding carboxylic acids is 1. The Kier molecular flexibility index (Phi) is 4.99. The van der Waals surface area contributed by atoms with Gasteiger partial charge in [0, 0.05) is 19.2 Å². The fourth-order valence-corrected chi connectivity index (χ4v) is 2.73. The smallest absolute Gasteiger partial charge is 0.221 e. The van der Waals surface area contributed by atoms with Crippen molar-refractivity contribution in [2.24, 2.45) is 11.8 Å². The van der Waals surface area contributed by atoms with Gasteiger partial charge in [-0.25, -0.2) is 4.39 Å². The molecule has 20 heavy (non-hydrogen) atoms. The fraction of sp³-hybridized carbons (Fsp3) is 0.562. The molecule has 1 aromatic carbocycles. The fourth-order valence-electron chi connectivity index (χ4n) is 2.73. The zero-order valence-electron chi connectivity index (χ0n) is 12.2. The molecule has 110 valence electrons. The van der Waals surface area contributed by atoms with Crippen molar-refractivity contribution >= 4 is 17.3 Å². The summed E-state index contributed by atoms with van der Waals surface area (Å²) in [5.41, 5.74) is 1.09. The standard InChI is InChI=1S/C16H23FN2O/c1-11-3-5-13(6-4-11)10-18-16-9-14(19-12(2)20)7-8-15(16)17/h7-9,11,13,18H,3-6,10H2,1-2H3,(H,19,20). The van der Waals surface area contributed by atoms with Crippen LogP contribution in [0, 0.1) is 17.7 Å². The number of carbonyl (C=O) groups is 1. The van der Waals surface area contributed by atoms with E-state index in [-0.39, 0.29) is 11.7 Å². The quantitative estimate of drug-likeness (QED) is 0.873. The number of hydrogen-bond donors (Lipinski definition) is 2. The molecule has 0 atom stereocenters. The number of benzene rings is 1. The van der Waals surface area contributed by atoms with Gasteiger partial charge < -0.3 is 10.6 Å². The molecule has 0 aromatic heterocycles. The van der Waals surface area contributed by atoms with Crippen molar-refractivity contribution in [2.75, 3.05) is 17.2 Å². The second-order valence-electron chi connectivity index (χ2n) is 5.88. The summed E-state index contributed by atoms with van der Waals surface area (Å²) in [6.45, 7) is 4.53. The third-order valence-corrected chi connectivity index (χ3v) is 4.00. The van der Waals surface area contributed by atoms with Crippen LogP contribution in [0.2, 0.25) is 0 Å². The molecule has 1 aliphatic carbocycles. The number of nitrogens with one attached hydrogen (secondary N) is 2. The Balaban J connectivity index is 1.92. The molecule has 0 radical (unpaired) electrons. The highest BCUT2D eigenvalue weighted by Crippen LogP contribution is 2.29. The summed E-state index contributed by atoms with van der Waals surface area (Å²) >= 11 is 0. The predicted octanol–water partition coefficient (Wildman–Crippen LogP) is 4.02. The van der Waals surface area contributed by atoms with Crippen LogP contribution in [0.25, 0.3) is 0 Å². The second-order valence-corrected chi connectivity index (χ2v) is 5.88. The molecule has 1 fully saturated rings. The molecule has 1 saturated carbocycles. The van der Waals surface area contributed by atoms with E-state index in [4.69, 9.17) is 0 Å². The summed E-state index contributed by atoms with van der Waals surface area (Å²) in [6.07, 6.45) is 4.95. The van der Waals surface area contributed by atoms with Crippen LogP contribution in [0.3, 0.4) is 0 Å².